The molecule has 2 aromatic rings. The summed E-state index contributed by atoms with van der Waals surface area (Å²) in [5, 5.41) is 10.6. The molecule has 1 amide bonds. The van der Waals surface area contributed by atoms with Crippen LogP contribution in [0.15, 0.2) is 18.2 Å². The van der Waals surface area contributed by atoms with E-state index in [1.807, 2.05) is 4.90 Å². The summed E-state index contributed by atoms with van der Waals surface area (Å²) in [7, 11) is 0. The average Bonchev–Trinajstić information content (AvgIpc) is 2.85. The van der Waals surface area contributed by atoms with Gasteiger partial charge in [0.05, 0.1) is 6.42 Å². The zero-order valence-corrected chi connectivity index (χ0v) is 13.7. The minimum Gasteiger partial charge on any atom is -0.477 e. The van der Waals surface area contributed by atoms with E-state index in [0.29, 0.717) is 27.4 Å². The molecule has 6 heteroatoms. The van der Waals surface area contributed by atoms with Crippen molar-refractivity contribution in [3.8, 4) is 0 Å². The number of benzene rings is 1. The fourth-order valence-electron chi connectivity index (χ4n) is 3.27. The van der Waals surface area contributed by atoms with Crippen molar-refractivity contribution in [1.82, 2.24) is 9.88 Å². The van der Waals surface area contributed by atoms with Gasteiger partial charge in [0, 0.05) is 34.6 Å². The number of carbonyl (C=O) groups excluding carboxylic acids is 1. The minimum absolute atomic E-state index is 0.0278. The third-order valence-corrected chi connectivity index (χ3v) is 4.65. The van der Waals surface area contributed by atoms with E-state index >= 15 is 0 Å². The number of amides is 1. The van der Waals surface area contributed by atoms with Crippen molar-refractivity contribution in [2.24, 2.45) is 5.92 Å². The first-order chi connectivity index (χ1) is 11.0. The number of hydrogen-bond donors (Lipinski definition) is 2. The lowest BCUT2D eigenvalue weighted by atomic mass is 9.99. The van der Waals surface area contributed by atoms with Gasteiger partial charge in [0.2, 0.25) is 5.91 Å². The summed E-state index contributed by atoms with van der Waals surface area (Å²) < 4.78 is 0. The van der Waals surface area contributed by atoms with Gasteiger partial charge in [-0.1, -0.05) is 18.5 Å². The van der Waals surface area contributed by atoms with Crippen LogP contribution >= 0.6 is 11.6 Å². The highest BCUT2D eigenvalue weighted by Crippen LogP contribution is 2.27. The van der Waals surface area contributed by atoms with E-state index in [0.717, 1.165) is 25.9 Å². The van der Waals surface area contributed by atoms with Crippen LogP contribution < -0.4 is 0 Å². The van der Waals surface area contributed by atoms with Crippen LogP contribution in [0.2, 0.25) is 5.02 Å². The number of aromatic carboxylic acids is 1. The molecular weight excluding hydrogens is 316 g/mol. The first kappa shape index (κ1) is 15.9. The topological polar surface area (TPSA) is 73.4 Å². The molecule has 1 fully saturated rings. The number of rotatable bonds is 3. The van der Waals surface area contributed by atoms with Gasteiger partial charge < -0.3 is 15.0 Å². The van der Waals surface area contributed by atoms with Gasteiger partial charge in [-0.15, -0.1) is 0 Å². The molecule has 122 valence electrons. The van der Waals surface area contributed by atoms with E-state index in [9.17, 15) is 14.7 Å². The number of fused-ring (bicyclic) bond motifs is 1. The lowest BCUT2D eigenvalue weighted by Crippen LogP contribution is -2.40. The smallest absolute Gasteiger partial charge is 0.352 e. The lowest BCUT2D eigenvalue weighted by molar-refractivity contribution is -0.132. The highest BCUT2D eigenvalue weighted by atomic mass is 35.5. The number of nitrogens with one attached hydrogen (secondary N) is 1. The van der Waals surface area contributed by atoms with Gasteiger partial charge in [-0.2, -0.15) is 0 Å². The molecule has 1 aliphatic rings. The maximum absolute atomic E-state index is 12.6. The van der Waals surface area contributed by atoms with Crippen molar-refractivity contribution in [3.63, 3.8) is 0 Å². The summed E-state index contributed by atoms with van der Waals surface area (Å²) >= 11 is 6.03. The van der Waals surface area contributed by atoms with Gasteiger partial charge in [-0.3, -0.25) is 4.79 Å². The molecule has 0 radical (unpaired) electrons. The Morgan fingerprint density at radius 1 is 1.43 bits per heavy atom. The highest BCUT2D eigenvalue weighted by molar-refractivity contribution is 6.31. The van der Waals surface area contributed by atoms with Crippen LogP contribution in [0.5, 0.6) is 0 Å². The summed E-state index contributed by atoms with van der Waals surface area (Å²) in [6.45, 7) is 3.62. The second-order valence-corrected chi connectivity index (χ2v) is 6.67. The molecule has 1 aromatic heterocycles. The summed E-state index contributed by atoms with van der Waals surface area (Å²) in [4.78, 5) is 28.8. The van der Waals surface area contributed by atoms with Crippen LogP contribution in [0.3, 0.4) is 0 Å². The Hall–Kier alpha value is -2.01. The van der Waals surface area contributed by atoms with E-state index < -0.39 is 5.97 Å². The number of halogens is 1. The fraction of sp³-hybridized carbons (Fsp3) is 0.412. The Labute approximate surface area is 139 Å². The molecule has 0 saturated carbocycles. The normalized spacial score (nSPS) is 18.3. The summed E-state index contributed by atoms with van der Waals surface area (Å²) in [6, 6.07) is 5.15. The van der Waals surface area contributed by atoms with Crippen LogP contribution in [0.1, 0.15) is 35.8 Å². The first-order valence-corrected chi connectivity index (χ1v) is 8.14. The van der Waals surface area contributed by atoms with Crippen molar-refractivity contribution >= 4 is 34.4 Å². The van der Waals surface area contributed by atoms with Gasteiger partial charge in [-0.05, 0) is 37.0 Å². The fourth-order valence-corrected chi connectivity index (χ4v) is 3.44. The van der Waals surface area contributed by atoms with Crippen molar-refractivity contribution in [2.75, 3.05) is 13.1 Å². The number of aromatic nitrogens is 1. The maximum atomic E-state index is 12.6. The number of nitrogens with zero attached hydrogens (tertiary/aromatic N) is 1. The third kappa shape index (κ3) is 3.20. The first-order valence-electron chi connectivity index (χ1n) is 7.77. The number of likely N-dealkylation sites (tertiary alicyclic amines) is 1. The van der Waals surface area contributed by atoms with Crippen molar-refractivity contribution < 1.29 is 14.7 Å². The minimum atomic E-state index is -1.06. The zero-order chi connectivity index (χ0) is 16.6. The number of carbonyl (C=O) groups is 2. The Balaban J connectivity index is 1.94. The standard InChI is InChI=1S/C17H19ClN2O3/c1-10-3-2-6-20(9-10)15(21)8-13-12-7-11(18)4-5-14(12)19-16(13)17(22)23/h4-5,7,10,19H,2-3,6,8-9H2,1H3,(H,22,23). The second-order valence-electron chi connectivity index (χ2n) is 6.24. The molecule has 1 unspecified atom stereocenters. The lowest BCUT2D eigenvalue weighted by Gasteiger charge is -2.31. The summed E-state index contributed by atoms with van der Waals surface area (Å²) in [5.74, 6) is -0.601. The molecule has 2 heterocycles. The Morgan fingerprint density at radius 3 is 2.91 bits per heavy atom. The molecule has 1 saturated heterocycles. The molecular formula is C17H19ClN2O3. The number of piperidine rings is 1. The SMILES string of the molecule is CC1CCCN(C(=O)Cc2c(C(=O)O)[nH]c3ccc(Cl)cc23)C1. The molecule has 0 spiro atoms. The molecule has 1 atom stereocenters. The quantitative estimate of drug-likeness (QED) is 0.904. The molecule has 1 aromatic carbocycles. The van der Waals surface area contributed by atoms with Crippen molar-refractivity contribution in [1.29, 1.82) is 0 Å². The molecule has 2 N–H and O–H groups in total. The van der Waals surface area contributed by atoms with Crippen LogP contribution in [-0.2, 0) is 11.2 Å². The van der Waals surface area contributed by atoms with Crippen LogP contribution in [0.25, 0.3) is 10.9 Å². The third-order valence-electron chi connectivity index (χ3n) is 4.42. The number of carboxylic acids is 1. The predicted octanol–water partition coefficient (Wildman–Crippen LogP) is 3.32. The molecule has 23 heavy (non-hydrogen) atoms. The number of aromatic amines is 1. The van der Waals surface area contributed by atoms with Gasteiger partial charge in [0.15, 0.2) is 0 Å². The zero-order valence-electron chi connectivity index (χ0n) is 12.9. The molecule has 3 rings (SSSR count). The van der Waals surface area contributed by atoms with Crippen molar-refractivity contribution in [3.05, 3.63) is 34.5 Å². The van der Waals surface area contributed by atoms with Gasteiger partial charge >= 0.3 is 5.97 Å². The van der Waals surface area contributed by atoms with E-state index in [-0.39, 0.29) is 18.0 Å². The summed E-state index contributed by atoms with van der Waals surface area (Å²) in [6.07, 6.45) is 2.21. The van der Waals surface area contributed by atoms with E-state index in [4.69, 9.17) is 11.6 Å². The number of carboxylic acid groups (broad SMARTS) is 1. The average molecular weight is 335 g/mol. The van der Waals surface area contributed by atoms with Gasteiger partial charge in [-0.25, -0.2) is 4.79 Å². The monoisotopic (exact) mass is 334 g/mol. The molecule has 5 nitrogen and oxygen atoms in total. The second kappa shape index (κ2) is 6.24. The predicted molar refractivity (Wildman–Crippen MR) is 89.0 cm³/mol. The molecule has 0 aliphatic carbocycles. The highest BCUT2D eigenvalue weighted by Gasteiger charge is 2.25. The summed E-state index contributed by atoms with van der Waals surface area (Å²) in [5.41, 5.74) is 1.26. The Morgan fingerprint density at radius 2 is 2.22 bits per heavy atom. The maximum Gasteiger partial charge on any atom is 0.352 e. The largest absolute Gasteiger partial charge is 0.477 e. The molecule has 1 aliphatic heterocycles. The van der Waals surface area contributed by atoms with Crippen LogP contribution in [0.4, 0.5) is 0 Å². The van der Waals surface area contributed by atoms with Crippen LogP contribution in [-0.4, -0.2) is 40.0 Å². The van der Waals surface area contributed by atoms with Gasteiger partial charge in [0.1, 0.15) is 5.69 Å². The van der Waals surface area contributed by atoms with Crippen LogP contribution in [0, 0.1) is 5.92 Å². The van der Waals surface area contributed by atoms with E-state index in [1.54, 1.807) is 18.2 Å². The van der Waals surface area contributed by atoms with Gasteiger partial charge in [0.25, 0.3) is 0 Å². The Bertz CT molecular complexity index is 769. The van der Waals surface area contributed by atoms with E-state index in [1.165, 1.54) is 0 Å². The number of hydrogen-bond acceptors (Lipinski definition) is 2. The van der Waals surface area contributed by atoms with Crippen molar-refractivity contribution in [2.45, 2.75) is 26.2 Å². The number of H-pyrrole nitrogens is 1. The Kier molecular flexibility index (Phi) is 4.31. The molecule has 0 bridgehead atoms. The van der Waals surface area contributed by atoms with E-state index in [2.05, 4.69) is 11.9 Å².